The lowest BCUT2D eigenvalue weighted by molar-refractivity contribution is -0.131. The summed E-state index contributed by atoms with van der Waals surface area (Å²) in [6.07, 6.45) is 1.03. The molecule has 0 atom stereocenters. The summed E-state index contributed by atoms with van der Waals surface area (Å²) in [5, 5.41) is 17.7. The van der Waals surface area contributed by atoms with Gasteiger partial charge in [0.25, 0.3) is 0 Å². The minimum Gasteiger partial charge on any atom is -0.478 e. The van der Waals surface area contributed by atoms with Gasteiger partial charge in [-0.05, 0) is 36.1 Å². The van der Waals surface area contributed by atoms with Crippen LogP contribution in [0.1, 0.15) is 16.7 Å². The number of aliphatic carboxylic acids is 1. The molecule has 0 aliphatic rings. The van der Waals surface area contributed by atoms with Gasteiger partial charge in [0, 0.05) is 6.08 Å². The van der Waals surface area contributed by atoms with Crippen LogP contribution < -0.4 is 0 Å². The van der Waals surface area contributed by atoms with Crippen molar-refractivity contribution in [2.24, 2.45) is 0 Å². The molecule has 0 fully saturated rings. The Morgan fingerprint density at radius 3 is 2.47 bits per heavy atom. The van der Waals surface area contributed by atoms with E-state index >= 15 is 0 Å². The van der Waals surface area contributed by atoms with Crippen LogP contribution >= 0.6 is 0 Å². The summed E-state index contributed by atoms with van der Waals surface area (Å²) in [6, 6.07) is 5.60. The molecule has 0 amide bonds. The topological polar surface area (TPSA) is 57.5 Å². The molecule has 1 rings (SSSR count). The molecule has 3 nitrogen and oxygen atoms in total. The fourth-order valence-corrected chi connectivity index (χ4v) is 1.31. The molecule has 0 aliphatic carbocycles. The molecule has 1 aromatic rings. The van der Waals surface area contributed by atoms with Crippen LogP contribution in [0.3, 0.4) is 0 Å². The van der Waals surface area contributed by atoms with Crippen molar-refractivity contribution in [3.63, 3.8) is 0 Å². The highest BCUT2D eigenvalue weighted by Crippen LogP contribution is 2.17. The first-order valence-electron chi connectivity index (χ1n) is 4.66. The number of rotatable bonds is 3. The van der Waals surface area contributed by atoms with Crippen LogP contribution in [0.25, 0.3) is 5.57 Å². The molecule has 0 aromatic heterocycles. The van der Waals surface area contributed by atoms with Crippen molar-refractivity contribution >= 4 is 11.5 Å². The molecule has 0 saturated heterocycles. The van der Waals surface area contributed by atoms with Gasteiger partial charge in [-0.3, -0.25) is 0 Å². The van der Waals surface area contributed by atoms with Crippen LogP contribution in [-0.2, 0) is 4.79 Å². The quantitative estimate of drug-likeness (QED) is 0.741. The summed E-state index contributed by atoms with van der Waals surface area (Å²) < 4.78 is 0. The van der Waals surface area contributed by atoms with Crippen LogP contribution in [0, 0.1) is 13.8 Å². The van der Waals surface area contributed by atoms with Crippen LogP contribution in [0.15, 0.2) is 24.3 Å². The molecule has 0 spiro atoms. The minimum absolute atomic E-state index is 0.269. The maximum absolute atomic E-state index is 10.5. The average Bonchev–Trinajstić information content (AvgIpc) is 2.18. The molecule has 0 aliphatic heterocycles. The molecule has 0 unspecified atom stereocenters. The lowest BCUT2D eigenvalue weighted by Gasteiger charge is -2.06. The van der Waals surface area contributed by atoms with Crippen molar-refractivity contribution in [1.82, 2.24) is 0 Å². The molecule has 1 aromatic carbocycles. The van der Waals surface area contributed by atoms with Gasteiger partial charge in [0.05, 0.1) is 6.61 Å². The third-order valence-electron chi connectivity index (χ3n) is 2.35. The minimum atomic E-state index is -1.04. The van der Waals surface area contributed by atoms with Gasteiger partial charge in [-0.1, -0.05) is 18.2 Å². The molecular formula is C12H14O3. The first-order valence-corrected chi connectivity index (χ1v) is 4.66. The average molecular weight is 206 g/mol. The van der Waals surface area contributed by atoms with Crippen LogP contribution in [0.4, 0.5) is 0 Å². The summed E-state index contributed by atoms with van der Waals surface area (Å²) in [6.45, 7) is 3.67. The van der Waals surface area contributed by atoms with E-state index in [2.05, 4.69) is 0 Å². The van der Waals surface area contributed by atoms with Gasteiger partial charge in [0.1, 0.15) is 0 Å². The van der Waals surface area contributed by atoms with Crippen molar-refractivity contribution < 1.29 is 15.0 Å². The fourth-order valence-electron chi connectivity index (χ4n) is 1.31. The zero-order valence-electron chi connectivity index (χ0n) is 8.82. The Hall–Kier alpha value is -1.61. The van der Waals surface area contributed by atoms with E-state index in [9.17, 15) is 4.79 Å². The summed E-state index contributed by atoms with van der Waals surface area (Å²) in [7, 11) is 0. The number of carbonyl (C=O) groups is 1. The van der Waals surface area contributed by atoms with E-state index in [0.717, 1.165) is 22.8 Å². The van der Waals surface area contributed by atoms with E-state index in [4.69, 9.17) is 10.2 Å². The van der Waals surface area contributed by atoms with Crippen molar-refractivity contribution in [3.05, 3.63) is 41.0 Å². The Morgan fingerprint density at radius 1 is 1.33 bits per heavy atom. The van der Waals surface area contributed by atoms with E-state index in [1.807, 2.05) is 32.0 Å². The number of aliphatic hydroxyl groups excluding tert-OH is 1. The first kappa shape index (κ1) is 11.5. The summed E-state index contributed by atoms with van der Waals surface area (Å²) in [5.74, 6) is -1.04. The Bertz CT molecular complexity index is 405. The third kappa shape index (κ3) is 2.92. The number of hydrogen-bond acceptors (Lipinski definition) is 2. The number of carboxylic acids is 1. The highest BCUT2D eigenvalue weighted by atomic mass is 16.4. The zero-order chi connectivity index (χ0) is 11.4. The largest absolute Gasteiger partial charge is 0.478 e. The molecule has 80 valence electrons. The van der Waals surface area contributed by atoms with Crippen LogP contribution in [0.5, 0.6) is 0 Å². The summed E-state index contributed by atoms with van der Waals surface area (Å²) in [5.41, 5.74) is 3.40. The van der Waals surface area contributed by atoms with E-state index in [0.29, 0.717) is 5.57 Å². The van der Waals surface area contributed by atoms with Crippen molar-refractivity contribution in [2.75, 3.05) is 6.61 Å². The predicted molar refractivity (Wildman–Crippen MR) is 58.6 cm³/mol. The molecule has 2 N–H and O–H groups in total. The SMILES string of the molecule is Cc1ccc(/C(=C/C(=O)O)CO)cc1C. The maximum atomic E-state index is 10.5. The van der Waals surface area contributed by atoms with Gasteiger partial charge < -0.3 is 10.2 Å². The number of aryl methyl sites for hydroxylation is 2. The smallest absolute Gasteiger partial charge is 0.328 e. The molecule has 3 heteroatoms. The predicted octanol–water partition coefficient (Wildman–Crippen LogP) is 1.76. The van der Waals surface area contributed by atoms with Gasteiger partial charge in [-0.15, -0.1) is 0 Å². The molecular weight excluding hydrogens is 192 g/mol. The summed E-state index contributed by atoms with van der Waals surface area (Å²) in [4.78, 5) is 10.5. The van der Waals surface area contributed by atoms with Gasteiger partial charge in [0.15, 0.2) is 0 Å². The number of carboxylic acid groups (broad SMARTS) is 1. The lowest BCUT2D eigenvalue weighted by Crippen LogP contribution is -1.97. The molecule has 0 heterocycles. The Kier molecular flexibility index (Phi) is 3.63. The second kappa shape index (κ2) is 4.75. The third-order valence-corrected chi connectivity index (χ3v) is 2.35. The normalized spacial score (nSPS) is 11.5. The van der Waals surface area contributed by atoms with Crippen molar-refractivity contribution in [3.8, 4) is 0 Å². The first-order chi connectivity index (χ1) is 7.04. The van der Waals surface area contributed by atoms with Crippen LogP contribution in [0.2, 0.25) is 0 Å². The van der Waals surface area contributed by atoms with Gasteiger partial charge >= 0.3 is 5.97 Å². The maximum Gasteiger partial charge on any atom is 0.328 e. The van der Waals surface area contributed by atoms with E-state index in [1.54, 1.807) is 0 Å². The highest BCUT2D eigenvalue weighted by Gasteiger charge is 2.04. The fraction of sp³-hybridized carbons (Fsp3) is 0.250. The van der Waals surface area contributed by atoms with Crippen LogP contribution in [-0.4, -0.2) is 22.8 Å². The molecule has 0 saturated carbocycles. The zero-order valence-corrected chi connectivity index (χ0v) is 8.82. The van der Waals surface area contributed by atoms with Gasteiger partial charge in [0.2, 0.25) is 0 Å². The van der Waals surface area contributed by atoms with Gasteiger partial charge in [-0.25, -0.2) is 4.79 Å². The Labute approximate surface area is 88.7 Å². The molecule has 15 heavy (non-hydrogen) atoms. The molecule has 0 radical (unpaired) electrons. The molecule has 0 bridgehead atoms. The lowest BCUT2D eigenvalue weighted by atomic mass is 10.0. The monoisotopic (exact) mass is 206 g/mol. The van der Waals surface area contributed by atoms with E-state index in [1.165, 1.54) is 0 Å². The van der Waals surface area contributed by atoms with Crippen molar-refractivity contribution in [2.45, 2.75) is 13.8 Å². The standard InChI is InChI=1S/C12H14O3/c1-8-3-4-10(5-9(8)2)11(7-13)6-12(14)15/h3-6,13H,7H2,1-2H3,(H,14,15)/b11-6+. The van der Waals surface area contributed by atoms with E-state index < -0.39 is 5.97 Å². The van der Waals surface area contributed by atoms with E-state index in [-0.39, 0.29) is 6.61 Å². The highest BCUT2D eigenvalue weighted by molar-refractivity contribution is 5.90. The second-order valence-electron chi connectivity index (χ2n) is 3.46. The Balaban J connectivity index is 3.14. The second-order valence-corrected chi connectivity index (χ2v) is 3.46. The van der Waals surface area contributed by atoms with Crippen molar-refractivity contribution in [1.29, 1.82) is 0 Å². The number of aliphatic hydroxyl groups is 1. The summed E-state index contributed by atoms with van der Waals surface area (Å²) >= 11 is 0. The Morgan fingerprint density at radius 2 is 2.00 bits per heavy atom. The number of hydrogen-bond donors (Lipinski definition) is 2. The number of benzene rings is 1. The van der Waals surface area contributed by atoms with Gasteiger partial charge in [-0.2, -0.15) is 0 Å².